The lowest BCUT2D eigenvalue weighted by Crippen LogP contribution is -2.40. The van der Waals surface area contributed by atoms with E-state index in [-0.39, 0.29) is 0 Å². The molecular formula is C22H28N6O. The number of anilines is 3. The van der Waals surface area contributed by atoms with Crippen molar-refractivity contribution in [3.8, 4) is 5.75 Å². The van der Waals surface area contributed by atoms with Crippen molar-refractivity contribution in [2.24, 2.45) is 5.73 Å². The maximum atomic E-state index is 6.13. The molecule has 2 aliphatic rings. The predicted octanol–water partition coefficient (Wildman–Crippen LogP) is 3.50. The highest BCUT2D eigenvalue weighted by atomic mass is 16.5. The van der Waals surface area contributed by atoms with Crippen LogP contribution in [0.15, 0.2) is 36.5 Å². The van der Waals surface area contributed by atoms with E-state index in [1.807, 2.05) is 48.0 Å². The number of hydrogen-bond donors (Lipinski definition) is 2. The topological polar surface area (TPSA) is 80.7 Å². The van der Waals surface area contributed by atoms with Crippen LogP contribution >= 0.6 is 0 Å². The first-order valence-electron chi connectivity index (χ1n) is 10.6. The zero-order chi connectivity index (χ0) is 19.8. The van der Waals surface area contributed by atoms with Crippen molar-refractivity contribution in [1.82, 2.24) is 14.6 Å². The summed E-state index contributed by atoms with van der Waals surface area (Å²) < 4.78 is 7.47. The molecule has 152 valence electrons. The molecule has 0 amide bonds. The van der Waals surface area contributed by atoms with E-state index in [2.05, 4.69) is 15.3 Å². The Hall–Kier alpha value is -2.80. The van der Waals surface area contributed by atoms with Gasteiger partial charge in [-0.05, 0) is 63.3 Å². The molecule has 7 heteroatoms. The zero-order valence-electron chi connectivity index (χ0n) is 16.8. The molecule has 7 nitrogen and oxygen atoms in total. The number of ether oxygens (including phenoxy) is 1. The number of nitrogens with two attached hydrogens (primary N) is 1. The van der Waals surface area contributed by atoms with Crippen molar-refractivity contribution in [2.45, 2.75) is 51.1 Å². The summed E-state index contributed by atoms with van der Waals surface area (Å²) in [6.45, 7) is 3.67. The van der Waals surface area contributed by atoms with Crippen LogP contribution in [0.3, 0.4) is 0 Å². The second kappa shape index (κ2) is 7.55. The van der Waals surface area contributed by atoms with Crippen LogP contribution in [-0.4, -0.2) is 39.8 Å². The normalized spacial score (nSPS) is 21.4. The Balaban J connectivity index is 1.48. The van der Waals surface area contributed by atoms with Gasteiger partial charge >= 0.3 is 0 Å². The Morgan fingerprint density at radius 3 is 2.69 bits per heavy atom. The molecule has 0 atom stereocenters. The fourth-order valence-electron chi connectivity index (χ4n) is 4.60. The van der Waals surface area contributed by atoms with Crippen molar-refractivity contribution in [1.29, 1.82) is 0 Å². The summed E-state index contributed by atoms with van der Waals surface area (Å²) in [5.41, 5.74) is 9.25. The average Bonchev–Trinajstić information content (AvgIpc) is 3.37. The van der Waals surface area contributed by atoms with E-state index in [1.165, 1.54) is 5.56 Å². The van der Waals surface area contributed by atoms with Gasteiger partial charge in [0.25, 0.3) is 0 Å². The number of aromatic nitrogens is 3. The maximum Gasteiger partial charge on any atom is 0.159 e. The van der Waals surface area contributed by atoms with Crippen LogP contribution in [0.2, 0.25) is 0 Å². The Kier molecular flexibility index (Phi) is 4.75. The van der Waals surface area contributed by atoms with E-state index in [1.54, 1.807) is 0 Å². The molecular weight excluding hydrogens is 364 g/mol. The summed E-state index contributed by atoms with van der Waals surface area (Å²) in [6.07, 6.45) is 7.28. The lowest BCUT2D eigenvalue weighted by atomic mass is 9.91. The molecule has 1 aliphatic heterocycles. The third kappa shape index (κ3) is 3.40. The standard InChI is InChI=1S/C22H28N6O/c1-2-29-18-9-5-16(6-10-18)25-22-19-12-14-27(17-7-3-15(23)4-8-17)21(19)26-20-11-13-24-28(20)22/h5-6,9-11,13,15,17,25H,2-4,7-8,12,14,23H2,1H3. The molecule has 0 spiro atoms. The molecule has 5 rings (SSSR count). The molecule has 1 fully saturated rings. The van der Waals surface area contributed by atoms with Gasteiger partial charge in [0.1, 0.15) is 17.4 Å². The number of nitrogens with one attached hydrogen (secondary N) is 1. The van der Waals surface area contributed by atoms with Gasteiger partial charge in [-0.15, -0.1) is 0 Å². The molecule has 1 saturated carbocycles. The van der Waals surface area contributed by atoms with Crippen LogP contribution in [0, 0.1) is 0 Å². The fourth-order valence-corrected chi connectivity index (χ4v) is 4.60. The quantitative estimate of drug-likeness (QED) is 0.692. The van der Waals surface area contributed by atoms with E-state index >= 15 is 0 Å². The summed E-state index contributed by atoms with van der Waals surface area (Å²) in [5, 5.41) is 8.11. The van der Waals surface area contributed by atoms with Crippen molar-refractivity contribution in [3.63, 3.8) is 0 Å². The minimum absolute atomic E-state index is 0.357. The molecule has 3 aromatic rings. The van der Waals surface area contributed by atoms with Crippen molar-refractivity contribution < 1.29 is 4.74 Å². The Labute approximate surface area is 170 Å². The molecule has 29 heavy (non-hydrogen) atoms. The van der Waals surface area contributed by atoms with Gasteiger partial charge in [0.05, 0.1) is 12.8 Å². The van der Waals surface area contributed by atoms with Gasteiger partial charge in [0.15, 0.2) is 5.65 Å². The summed E-state index contributed by atoms with van der Waals surface area (Å²) in [7, 11) is 0. The molecule has 0 saturated heterocycles. The Morgan fingerprint density at radius 2 is 1.93 bits per heavy atom. The first-order chi connectivity index (χ1) is 14.2. The molecule has 1 aliphatic carbocycles. The minimum atomic E-state index is 0.357. The average molecular weight is 393 g/mol. The van der Waals surface area contributed by atoms with E-state index in [0.717, 1.165) is 67.4 Å². The van der Waals surface area contributed by atoms with Gasteiger partial charge < -0.3 is 20.7 Å². The first-order valence-corrected chi connectivity index (χ1v) is 10.6. The van der Waals surface area contributed by atoms with Crippen LogP contribution < -0.4 is 20.7 Å². The minimum Gasteiger partial charge on any atom is -0.494 e. The first kappa shape index (κ1) is 18.2. The summed E-state index contributed by atoms with van der Waals surface area (Å²) in [5.74, 6) is 2.99. The number of benzene rings is 1. The zero-order valence-corrected chi connectivity index (χ0v) is 16.8. The van der Waals surface area contributed by atoms with E-state index < -0.39 is 0 Å². The molecule has 3 N–H and O–H groups in total. The van der Waals surface area contributed by atoms with Crippen molar-refractivity contribution >= 4 is 23.0 Å². The molecule has 1 aromatic carbocycles. The van der Waals surface area contributed by atoms with Gasteiger partial charge in [-0.2, -0.15) is 9.61 Å². The van der Waals surface area contributed by atoms with Crippen LogP contribution in [0.25, 0.3) is 5.65 Å². The van der Waals surface area contributed by atoms with Crippen molar-refractivity contribution in [2.75, 3.05) is 23.4 Å². The molecule has 0 unspecified atom stereocenters. The summed E-state index contributed by atoms with van der Waals surface area (Å²) >= 11 is 0. The number of rotatable bonds is 5. The van der Waals surface area contributed by atoms with Gasteiger partial charge in [-0.3, -0.25) is 0 Å². The highest BCUT2D eigenvalue weighted by molar-refractivity contribution is 5.72. The number of nitrogens with zero attached hydrogens (tertiary/aromatic N) is 4. The molecule has 3 heterocycles. The third-order valence-electron chi connectivity index (χ3n) is 6.10. The maximum absolute atomic E-state index is 6.13. The Bertz CT molecular complexity index is 990. The van der Waals surface area contributed by atoms with E-state index in [9.17, 15) is 0 Å². The van der Waals surface area contributed by atoms with Crippen LogP contribution in [0.5, 0.6) is 5.75 Å². The molecule has 0 radical (unpaired) electrons. The summed E-state index contributed by atoms with van der Waals surface area (Å²) in [4.78, 5) is 7.46. The lowest BCUT2D eigenvalue weighted by molar-refractivity contribution is 0.340. The molecule has 2 aromatic heterocycles. The van der Waals surface area contributed by atoms with Crippen LogP contribution in [0.4, 0.5) is 17.3 Å². The number of hydrogen-bond acceptors (Lipinski definition) is 6. The second-order valence-corrected chi connectivity index (χ2v) is 7.96. The van der Waals surface area contributed by atoms with Crippen molar-refractivity contribution in [3.05, 3.63) is 42.1 Å². The van der Waals surface area contributed by atoms with E-state index in [4.69, 9.17) is 15.5 Å². The van der Waals surface area contributed by atoms with Gasteiger partial charge in [-0.1, -0.05) is 0 Å². The monoisotopic (exact) mass is 392 g/mol. The van der Waals surface area contributed by atoms with Gasteiger partial charge in [0, 0.05) is 35.9 Å². The van der Waals surface area contributed by atoms with Gasteiger partial charge in [-0.25, -0.2) is 4.98 Å². The number of fused-ring (bicyclic) bond motifs is 2. The lowest BCUT2D eigenvalue weighted by Gasteiger charge is -2.34. The van der Waals surface area contributed by atoms with E-state index in [0.29, 0.717) is 18.7 Å². The van der Waals surface area contributed by atoms with Gasteiger partial charge in [0.2, 0.25) is 0 Å². The predicted molar refractivity (Wildman–Crippen MR) is 115 cm³/mol. The smallest absolute Gasteiger partial charge is 0.159 e. The van der Waals surface area contributed by atoms with Crippen LogP contribution in [-0.2, 0) is 6.42 Å². The second-order valence-electron chi connectivity index (χ2n) is 7.96. The highest BCUT2D eigenvalue weighted by Crippen LogP contribution is 2.38. The SMILES string of the molecule is CCOc1ccc(Nc2c3c(nc4ccnn24)N(C2CCC(N)CC2)CC3)cc1. The highest BCUT2D eigenvalue weighted by Gasteiger charge is 2.33. The largest absolute Gasteiger partial charge is 0.494 e. The summed E-state index contributed by atoms with van der Waals surface area (Å²) in [6, 6.07) is 10.9. The van der Waals surface area contributed by atoms with Crippen LogP contribution in [0.1, 0.15) is 38.2 Å². The fraction of sp³-hybridized carbons (Fsp3) is 0.455. The third-order valence-corrected chi connectivity index (χ3v) is 6.10. The molecule has 0 bridgehead atoms. The Morgan fingerprint density at radius 1 is 1.14 bits per heavy atom.